The van der Waals surface area contributed by atoms with E-state index in [1.807, 2.05) is 27.9 Å². The second-order valence-corrected chi connectivity index (χ2v) is 11.7. The number of aliphatic hydroxyl groups is 1. The molecule has 3 N–H and O–H groups in total. The molecule has 0 aliphatic heterocycles. The monoisotopic (exact) mass is 741 g/mol. The minimum atomic E-state index is -1.51. The molecule has 2 aromatic heterocycles. The number of unbranched alkanes of at least 4 members (excludes halogenated alkanes) is 1. The highest BCUT2D eigenvalue weighted by Crippen LogP contribution is 2.21. The van der Waals surface area contributed by atoms with Crippen molar-refractivity contribution in [3.05, 3.63) is 37.4 Å². The van der Waals surface area contributed by atoms with Gasteiger partial charge in [0.25, 0.3) is 0 Å². The van der Waals surface area contributed by atoms with Gasteiger partial charge in [0, 0.05) is 44.9 Å². The topological polar surface area (TPSA) is 176 Å². The van der Waals surface area contributed by atoms with Gasteiger partial charge in [0.1, 0.15) is 49.7 Å². The molecule has 48 heavy (non-hydrogen) atoms. The van der Waals surface area contributed by atoms with E-state index >= 15 is 0 Å². The quantitative estimate of drug-likeness (QED) is 0.0703. The maximum absolute atomic E-state index is 13.1. The average molecular weight is 743 g/mol. The van der Waals surface area contributed by atoms with E-state index in [2.05, 4.69) is 33.0 Å². The van der Waals surface area contributed by atoms with Gasteiger partial charge in [0.05, 0.1) is 26.0 Å². The van der Waals surface area contributed by atoms with Gasteiger partial charge >= 0.3 is 12.3 Å². The number of aromatic nitrogens is 4. The number of terminal acetylenes is 1. The van der Waals surface area contributed by atoms with Crippen molar-refractivity contribution in [2.75, 3.05) is 46.1 Å². The molecule has 0 aliphatic rings. The van der Waals surface area contributed by atoms with Crippen LogP contribution in [0.3, 0.4) is 0 Å². The second-order valence-electron chi connectivity index (χ2n) is 11.7. The lowest BCUT2D eigenvalue weighted by molar-refractivity contribution is -0.696. The van der Waals surface area contributed by atoms with Gasteiger partial charge in [0.15, 0.2) is 0 Å². The van der Waals surface area contributed by atoms with Crippen LogP contribution >= 0.6 is 17.0 Å². The van der Waals surface area contributed by atoms with Crippen molar-refractivity contribution in [2.24, 2.45) is 10.8 Å². The van der Waals surface area contributed by atoms with Crippen molar-refractivity contribution in [2.45, 2.75) is 72.5 Å². The Morgan fingerprint density at radius 3 is 2.10 bits per heavy atom. The van der Waals surface area contributed by atoms with E-state index in [4.69, 9.17) is 25.4 Å². The van der Waals surface area contributed by atoms with Crippen molar-refractivity contribution in [3.8, 4) is 12.3 Å². The van der Waals surface area contributed by atoms with E-state index in [0.717, 1.165) is 19.4 Å². The van der Waals surface area contributed by atoms with Gasteiger partial charge in [-0.25, -0.2) is 23.7 Å². The zero-order valence-corrected chi connectivity index (χ0v) is 29.8. The Morgan fingerprint density at radius 2 is 1.50 bits per heavy atom. The Bertz CT molecular complexity index is 1300. The molecular formula is C32H50BrN6O9+. The zero-order valence-electron chi connectivity index (χ0n) is 28.1. The maximum Gasteiger partial charge on any atom is 0.508 e. The first-order valence-corrected chi connectivity index (χ1v) is 15.8. The number of carbonyl (C=O) groups is 4. The van der Waals surface area contributed by atoms with Crippen LogP contribution in [0.25, 0.3) is 0 Å². The van der Waals surface area contributed by atoms with Crippen molar-refractivity contribution in [1.29, 1.82) is 0 Å². The van der Waals surface area contributed by atoms with Gasteiger partial charge in [-0.15, -0.1) is 29.3 Å². The van der Waals surface area contributed by atoms with Crippen LogP contribution in [-0.4, -0.2) is 89.5 Å². The standard InChI is InChI=1S/C32H48N6O9.BrH/c1-5-7-14-37-18-19-38(26-37)16-10-12-34-27(40)31(3,21-39)22-45-30(43)47-24-32(4,23-46-29(42)44-20-8-6-2)28(41)35-11-9-15-36-17-13-33-25-36;/h2,13,17-19,25-26,39H,5,7-12,14-16,20-24H2,1,3-4H3,(H-,34,35,40,41);1H/p+1. The molecule has 2 atom stereocenters. The zero-order chi connectivity index (χ0) is 34.5. The number of amides is 2. The molecule has 0 aromatic carbocycles. The molecular weight excluding hydrogens is 692 g/mol. The van der Waals surface area contributed by atoms with Crippen molar-refractivity contribution < 1.29 is 47.8 Å². The number of hydrogen-bond donors (Lipinski definition) is 3. The predicted octanol–water partition coefficient (Wildman–Crippen LogP) is 2.40. The molecule has 0 saturated carbocycles. The average Bonchev–Trinajstić information content (AvgIpc) is 3.77. The number of nitrogens with one attached hydrogen (secondary N) is 2. The molecule has 15 nitrogen and oxygen atoms in total. The lowest BCUT2D eigenvalue weighted by atomic mass is 9.91. The Kier molecular flexibility index (Phi) is 19.6. The summed E-state index contributed by atoms with van der Waals surface area (Å²) in [6.45, 7) is 5.84. The van der Waals surface area contributed by atoms with Crippen LogP contribution in [0, 0.1) is 23.2 Å². The summed E-state index contributed by atoms with van der Waals surface area (Å²) in [5.74, 6) is 1.30. The first-order valence-electron chi connectivity index (χ1n) is 15.8. The van der Waals surface area contributed by atoms with Crippen LogP contribution in [0.4, 0.5) is 9.59 Å². The highest BCUT2D eigenvalue weighted by atomic mass is 79.9. The fraction of sp³-hybridized carbons (Fsp3) is 0.625. The first-order chi connectivity index (χ1) is 22.5. The summed E-state index contributed by atoms with van der Waals surface area (Å²) >= 11 is 0. The molecule has 0 saturated heterocycles. The fourth-order valence-electron chi connectivity index (χ4n) is 4.10. The molecule has 2 amide bonds. The molecule has 0 bridgehead atoms. The number of ether oxygens (including phenoxy) is 4. The first kappa shape index (κ1) is 41.9. The Labute approximate surface area is 292 Å². The van der Waals surface area contributed by atoms with Crippen molar-refractivity contribution in [3.63, 3.8) is 0 Å². The van der Waals surface area contributed by atoms with Crippen LogP contribution in [0.1, 0.15) is 52.9 Å². The number of carbonyl (C=O) groups excluding carboxylic acids is 4. The normalized spacial score (nSPS) is 13.1. The minimum Gasteiger partial charge on any atom is -0.433 e. The van der Waals surface area contributed by atoms with Crippen LogP contribution in [0.2, 0.25) is 0 Å². The van der Waals surface area contributed by atoms with Crippen LogP contribution in [0.5, 0.6) is 0 Å². The van der Waals surface area contributed by atoms with E-state index in [0.29, 0.717) is 32.5 Å². The van der Waals surface area contributed by atoms with Gasteiger partial charge in [-0.2, -0.15) is 0 Å². The molecule has 0 fully saturated rings. The third kappa shape index (κ3) is 15.2. The molecule has 0 spiro atoms. The SMILES string of the molecule is Br.C#CCCOC(=O)OCC(C)(COC(=O)OCC(C)(CO)C(=O)NCCC[n+]1ccn(CCCC)c1)C(=O)NCCCn1ccnc1. The number of aliphatic hydroxyl groups excluding tert-OH is 1. The third-order valence-corrected chi connectivity index (χ3v) is 7.27. The predicted molar refractivity (Wildman–Crippen MR) is 179 cm³/mol. The number of nitrogens with zero attached hydrogens (tertiary/aromatic N) is 4. The molecule has 2 rings (SSSR count). The summed E-state index contributed by atoms with van der Waals surface area (Å²) in [5, 5.41) is 15.5. The van der Waals surface area contributed by atoms with E-state index < -0.39 is 61.4 Å². The number of aryl methyl sites for hydroxylation is 3. The second kappa shape index (κ2) is 22.5. The fourth-order valence-corrected chi connectivity index (χ4v) is 4.10. The van der Waals surface area contributed by atoms with Crippen LogP contribution < -0.4 is 15.2 Å². The van der Waals surface area contributed by atoms with Gasteiger partial charge in [-0.05, 0) is 26.7 Å². The highest BCUT2D eigenvalue weighted by Gasteiger charge is 2.38. The molecule has 0 radical (unpaired) electrons. The Balaban J connectivity index is 0.0000115. The minimum absolute atomic E-state index is 0. The van der Waals surface area contributed by atoms with Crippen molar-refractivity contribution in [1.82, 2.24) is 24.8 Å². The molecule has 2 heterocycles. The van der Waals surface area contributed by atoms with Crippen LogP contribution in [0.15, 0.2) is 37.4 Å². The Hall–Kier alpha value is -4.10. The number of halogens is 1. The van der Waals surface area contributed by atoms with E-state index in [1.54, 1.807) is 18.7 Å². The molecule has 16 heteroatoms. The lowest BCUT2D eigenvalue weighted by Gasteiger charge is -2.28. The molecule has 268 valence electrons. The molecule has 0 aliphatic carbocycles. The molecule has 2 aromatic rings. The number of hydrogen-bond acceptors (Lipinski definition) is 10. The van der Waals surface area contributed by atoms with E-state index in [9.17, 15) is 24.3 Å². The molecule has 2 unspecified atom stereocenters. The largest absolute Gasteiger partial charge is 0.508 e. The summed E-state index contributed by atoms with van der Waals surface area (Å²) < 4.78 is 26.3. The Morgan fingerprint density at radius 1 is 0.896 bits per heavy atom. The summed E-state index contributed by atoms with van der Waals surface area (Å²) in [6, 6.07) is 0. The van der Waals surface area contributed by atoms with Gasteiger partial charge in [-0.3, -0.25) is 9.59 Å². The number of imidazole rings is 2. The number of rotatable bonds is 22. The third-order valence-electron chi connectivity index (χ3n) is 7.27. The smallest absolute Gasteiger partial charge is 0.433 e. The summed E-state index contributed by atoms with van der Waals surface area (Å²) in [7, 11) is 0. The summed E-state index contributed by atoms with van der Waals surface area (Å²) in [5.41, 5.74) is -2.94. The van der Waals surface area contributed by atoms with Gasteiger partial charge in [-0.1, -0.05) is 13.3 Å². The van der Waals surface area contributed by atoms with Crippen molar-refractivity contribution >= 4 is 41.1 Å². The lowest BCUT2D eigenvalue weighted by Crippen LogP contribution is -2.47. The van der Waals surface area contributed by atoms with E-state index in [-0.39, 0.29) is 36.6 Å². The summed E-state index contributed by atoms with van der Waals surface area (Å²) in [6.07, 6.45) is 17.7. The maximum atomic E-state index is 13.1. The van der Waals surface area contributed by atoms with Crippen LogP contribution in [-0.2, 0) is 48.2 Å². The van der Waals surface area contributed by atoms with Gasteiger partial charge in [0.2, 0.25) is 18.1 Å². The van der Waals surface area contributed by atoms with Gasteiger partial charge < -0.3 is 39.3 Å². The summed E-state index contributed by atoms with van der Waals surface area (Å²) in [4.78, 5) is 54.4. The highest BCUT2D eigenvalue weighted by molar-refractivity contribution is 8.93. The van der Waals surface area contributed by atoms with E-state index in [1.165, 1.54) is 13.8 Å².